The molecule has 1 atom stereocenters. The summed E-state index contributed by atoms with van der Waals surface area (Å²) in [6.45, 7) is 3.83. The number of nitrogens with one attached hydrogen (secondary N) is 1. The first kappa shape index (κ1) is 15.1. The predicted molar refractivity (Wildman–Crippen MR) is 78.4 cm³/mol. The number of amides is 1. The van der Waals surface area contributed by atoms with Crippen molar-refractivity contribution in [2.24, 2.45) is 0 Å². The van der Waals surface area contributed by atoms with Crippen LogP contribution in [0.15, 0.2) is 29.8 Å². The molecule has 0 bridgehead atoms. The summed E-state index contributed by atoms with van der Waals surface area (Å²) < 4.78 is 0. The molecule has 1 unspecified atom stereocenters. The number of aromatic carboxylic acids is 1. The zero-order valence-electron chi connectivity index (χ0n) is 11.7. The van der Waals surface area contributed by atoms with E-state index in [1.54, 1.807) is 6.20 Å². The minimum absolute atomic E-state index is 0.0751. The Morgan fingerprint density at radius 1 is 1.38 bits per heavy atom. The molecule has 0 aliphatic heterocycles. The second-order valence-corrected chi connectivity index (χ2v) is 5.58. The van der Waals surface area contributed by atoms with Crippen LogP contribution in [0.1, 0.15) is 46.3 Å². The number of aromatic nitrogens is 2. The molecule has 0 fully saturated rings. The van der Waals surface area contributed by atoms with Crippen LogP contribution in [0.4, 0.5) is 0 Å². The molecule has 21 heavy (non-hydrogen) atoms. The number of hydrogen-bond acceptors (Lipinski definition) is 5. The van der Waals surface area contributed by atoms with Crippen molar-refractivity contribution in [3.8, 4) is 0 Å². The van der Waals surface area contributed by atoms with E-state index in [0.29, 0.717) is 6.42 Å². The Hall–Kier alpha value is -2.28. The molecule has 2 aromatic rings. The van der Waals surface area contributed by atoms with Gasteiger partial charge in [-0.15, -0.1) is 11.3 Å². The van der Waals surface area contributed by atoms with E-state index in [1.807, 2.05) is 19.2 Å². The van der Waals surface area contributed by atoms with E-state index in [9.17, 15) is 9.59 Å². The molecule has 1 amide bonds. The highest BCUT2D eigenvalue weighted by Gasteiger charge is 2.30. The highest BCUT2D eigenvalue weighted by atomic mass is 32.1. The zero-order chi connectivity index (χ0) is 15.5. The van der Waals surface area contributed by atoms with Gasteiger partial charge in [0.15, 0.2) is 0 Å². The number of rotatable bonds is 5. The maximum Gasteiger partial charge on any atom is 0.354 e. The van der Waals surface area contributed by atoms with Crippen molar-refractivity contribution in [3.05, 3.63) is 46.2 Å². The van der Waals surface area contributed by atoms with Crippen LogP contribution in [0.25, 0.3) is 0 Å². The molecule has 6 nitrogen and oxygen atoms in total. The van der Waals surface area contributed by atoms with Gasteiger partial charge in [0, 0.05) is 11.6 Å². The van der Waals surface area contributed by atoms with Gasteiger partial charge in [-0.3, -0.25) is 4.79 Å². The van der Waals surface area contributed by atoms with Crippen molar-refractivity contribution in [2.45, 2.75) is 25.8 Å². The lowest BCUT2D eigenvalue weighted by atomic mass is 9.99. The predicted octanol–water partition coefficient (Wildman–Crippen LogP) is 2.29. The highest BCUT2D eigenvalue weighted by Crippen LogP contribution is 2.26. The second-order valence-electron chi connectivity index (χ2n) is 4.69. The van der Waals surface area contributed by atoms with E-state index < -0.39 is 17.4 Å². The first-order valence-corrected chi connectivity index (χ1v) is 7.27. The van der Waals surface area contributed by atoms with Crippen LogP contribution in [-0.4, -0.2) is 27.0 Å². The topological polar surface area (TPSA) is 92.2 Å². The molecule has 0 aliphatic carbocycles. The molecule has 2 rings (SSSR count). The Morgan fingerprint density at radius 2 is 2.10 bits per heavy atom. The number of pyridine rings is 1. The lowest BCUT2D eigenvalue weighted by Crippen LogP contribution is -2.43. The normalized spacial score (nSPS) is 13.4. The molecule has 2 aromatic heterocycles. The van der Waals surface area contributed by atoms with Crippen LogP contribution in [0.3, 0.4) is 0 Å². The summed E-state index contributed by atoms with van der Waals surface area (Å²) in [4.78, 5) is 31.3. The van der Waals surface area contributed by atoms with Crippen LogP contribution < -0.4 is 5.32 Å². The van der Waals surface area contributed by atoms with Crippen molar-refractivity contribution >= 4 is 23.2 Å². The van der Waals surface area contributed by atoms with Crippen LogP contribution in [0, 0.1) is 0 Å². The summed E-state index contributed by atoms with van der Waals surface area (Å²) >= 11 is 1.46. The summed E-state index contributed by atoms with van der Waals surface area (Å²) in [6, 6.07) is 4.33. The third-order valence-corrected chi connectivity index (χ3v) is 4.24. The van der Waals surface area contributed by atoms with Gasteiger partial charge in [-0.1, -0.05) is 13.0 Å². The molecule has 7 heteroatoms. The van der Waals surface area contributed by atoms with Gasteiger partial charge in [0.05, 0.1) is 5.54 Å². The molecular formula is C14H15N3O3S. The van der Waals surface area contributed by atoms with E-state index in [4.69, 9.17) is 5.11 Å². The molecule has 0 radical (unpaired) electrons. The lowest BCUT2D eigenvalue weighted by molar-refractivity contribution is 0.0690. The van der Waals surface area contributed by atoms with Crippen LogP contribution in [-0.2, 0) is 5.54 Å². The number of carbonyl (C=O) groups excluding carboxylic acids is 1. The molecular weight excluding hydrogens is 290 g/mol. The fourth-order valence-corrected chi connectivity index (χ4v) is 2.61. The summed E-state index contributed by atoms with van der Waals surface area (Å²) in [5.74, 6) is -1.58. The van der Waals surface area contributed by atoms with E-state index in [2.05, 4.69) is 15.3 Å². The van der Waals surface area contributed by atoms with Crippen LogP contribution >= 0.6 is 11.3 Å². The number of carboxylic acids is 1. The van der Waals surface area contributed by atoms with Gasteiger partial charge in [0.25, 0.3) is 5.91 Å². The SMILES string of the molecule is CCC(C)(NC(=O)c1cccc(C(=O)O)n1)c1nccs1. The van der Waals surface area contributed by atoms with Gasteiger partial charge in [-0.05, 0) is 25.5 Å². The first-order valence-electron chi connectivity index (χ1n) is 6.39. The molecule has 0 saturated carbocycles. The van der Waals surface area contributed by atoms with E-state index >= 15 is 0 Å². The number of carboxylic acid groups (broad SMARTS) is 1. The maximum absolute atomic E-state index is 12.3. The van der Waals surface area contributed by atoms with Gasteiger partial charge in [0.1, 0.15) is 16.4 Å². The average molecular weight is 305 g/mol. The first-order chi connectivity index (χ1) is 9.96. The Bertz CT molecular complexity index is 657. The largest absolute Gasteiger partial charge is 0.477 e. The third kappa shape index (κ3) is 3.25. The molecule has 2 N–H and O–H groups in total. The van der Waals surface area contributed by atoms with Crippen LogP contribution in [0.5, 0.6) is 0 Å². The summed E-state index contributed by atoms with van der Waals surface area (Å²) in [5, 5.41) is 14.4. The fraction of sp³-hybridized carbons (Fsp3) is 0.286. The number of thiazole rings is 1. The Kier molecular flexibility index (Phi) is 4.32. The third-order valence-electron chi connectivity index (χ3n) is 3.20. The number of nitrogens with zero attached hydrogens (tertiary/aromatic N) is 2. The minimum atomic E-state index is -1.16. The molecule has 0 aliphatic rings. The fourth-order valence-electron chi connectivity index (χ4n) is 1.78. The maximum atomic E-state index is 12.3. The Morgan fingerprint density at radius 3 is 2.67 bits per heavy atom. The zero-order valence-corrected chi connectivity index (χ0v) is 12.5. The molecule has 0 spiro atoms. The van der Waals surface area contributed by atoms with Crippen molar-refractivity contribution in [2.75, 3.05) is 0 Å². The quantitative estimate of drug-likeness (QED) is 0.884. The van der Waals surface area contributed by atoms with Crippen molar-refractivity contribution in [1.82, 2.24) is 15.3 Å². The number of hydrogen-bond donors (Lipinski definition) is 2. The summed E-state index contributed by atoms with van der Waals surface area (Å²) in [6.07, 6.45) is 2.34. The second kappa shape index (κ2) is 6.01. The van der Waals surface area contributed by atoms with E-state index in [-0.39, 0.29) is 11.4 Å². The van der Waals surface area contributed by atoms with Crippen molar-refractivity contribution in [1.29, 1.82) is 0 Å². The summed E-state index contributed by atoms with van der Waals surface area (Å²) in [5.41, 5.74) is -0.687. The standard InChI is InChI=1S/C14H15N3O3S/c1-3-14(2,13-15-7-8-21-13)17-11(18)9-5-4-6-10(16-9)12(19)20/h4-8H,3H2,1-2H3,(H,17,18)(H,19,20). The van der Waals surface area contributed by atoms with E-state index in [1.165, 1.54) is 29.5 Å². The van der Waals surface area contributed by atoms with Crippen LogP contribution in [0.2, 0.25) is 0 Å². The Balaban J connectivity index is 2.24. The molecule has 0 aromatic carbocycles. The number of carbonyl (C=O) groups is 2. The van der Waals surface area contributed by atoms with Gasteiger partial charge >= 0.3 is 5.97 Å². The highest BCUT2D eigenvalue weighted by molar-refractivity contribution is 7.09. The molecule has 2 heterocycles. The minimum Gasteiger partial charge on any atom is -0.477 e. The van der Waals surface area contributed by atoms with Gasteiger partial charge in [-0.25, -0.2) is 14.8 Å². The van der Waals surface area contributed by atoms with E-state index in [0.717, 1.165) is 5.01 Å². The van der Waals surface area contributed by atoms with Gasteiger partial charge < -0.3 is 10.4 Å². The van der Waals surface area contributed by atoms with Crippen molar-refractivity contribution in [3.63, 3.8) is 0 Å². The molecule has 110 valence electrons. The lowest BCUT2D eigenvalue weighted by Gasteiger charge is -2.27. The monoisotopic (exact) mass is 305 g/mol. The summed E-state index contributed by atoms with van der Waals surface area (Å²) in [7, 11) is 0. The van der Waals surface area contributed by atoms with Gasteiger partial charge in [-0.2, -0.15) is 0 Å². The molecule has 0 saturated heterocycles. The average Bonchev–Trinajstić information content (AvgIpc) is 3.02. The van der Waals surface area contributed by atoms with Gasteiger partial charge in [0.2, 0.25) is 0 Å². The smallest absolute Gasteiger partial charge is 0.354 e. The van der Waals surface area contributed by atoms with Crippen molar-refractivity contribution < 1.29 is 14.7 Å². The Labute approximate surface area is 125 Å².